The molecule has 8 heteroatoms. The molecule has 2 heterocycles. The lowest BCUT2D eigenvalue weighted by Gasteiger charge is -2.16. The van der Waals surface area contributed by atoms with Crippen molar-refractivity contribution in [2.75, 3.05) is 6.61 Å². The normalized spacial score (nSPS) is 13.6. The van der Waals surface area contributed by atoms with Crippen molar-refractivity contribution in [1.82, 2.24) is 20.1 Å². The van der Waals surface area contributed by atoms with Crippen LogP contribution >= 0.6 is 0 Å². The van der Waals surface area contributed by atoms with E-state index in [1.165, 1.54) is 24.1 Å². The number of carbonyl (C=O) groups excluding carboxylic acids is 1. The fourth-order valence-electron chi connectivity index (χ4n) is 4.90. The lowest BCUT2D eigenvalue weighted by atomic mass is 9.95. The maximum absolute atomic E-state index is 12.7. The molecule has 1 atom stereocenters. The number of aryl methyl sites for hydroxylation is 4. The van der Waals surface area contributed by atoms with Crippen molar-refractivity contribution in [2.45, 2.75) is 51.0 Å². The number of carboxylic acid groups (broad SMARTS) is 1. The zero-order chi connectivity index (χ0) is 26.5. The number of aliphatic carboxylic acids is 1. The lowest BCUT2D eigenvalue weighted by molar-refractivity contribution is -0.139. The average molecular weight is 513 g/mol. The smallest absolute Gasteiger partial charge is 0.326 e. The first-order valence-electron chi connectivity index (χ1n) is 13.1. The summed E-state index contributed by atoms with van der Waals surface area (Å²) in [6.45, 7) is 0.577. The third-order valence-electron chi connectivity index (χ3n) is 6.93. The molecule has 0 bridgehead atoms. The van der Waals surface area contributed by atoms with Crippen molar-refractivity contribution in [1.29, 1.82) is 0 Å². The molecule has 2 aromatic carbocycles. The van der Waals surface area contributed by atoms with Gasteiger partial charge in [0.15, 0.2) is 0 Å². The average Bonchev–Trinajstić information content (AvgIpc) is 3.30. The second-order valence-corrected chi connectivity index (χ2v) is 9.86. The Morgan fingerprint density at radius 2 is 1.89 bits per heavy atom. The molecule has 4 aromatic rings. The predicted octanol–water partition coefficient (Wildman–Crippen LogP) is 4.28. The highest BCUT2D eigenvalue weighted by Gasteiger charge is 2.21. The SMILES string of the molecule is Cn1cc2cc(C(=O)N[C@@H](Cc3ccc(OCCCc4ccc5c(n4)CCCC5)cc3)C(=O)O)ccc2n1. The summed E-state index contributed by atoms with van der Waals surface area (Å²) in [5.74, 6) is -0.790. The zero-order valence-corrected chi connectivity index (χ0v) is 21.5. The number of rotatable bonds is 10. The molecule has 0 spiro atoms. The maximum Gasteiger partial charge on any atom is 0.326 e. The van der Waals surface area contributed by atoms with E-state index in [0.29, 0.717) is 12.2 Å². The van der Waals surface area contributed by atoms with E-state index in [9.17, 15) is 14.7 Å². The number of hydrogen-bond acceptors (Lipinski definition) is 5. The topological polar surface area (TPSA) is 106 Å². The molecular weight excluding hydrogens is 480 g/mol. The van der Waals surface area contributed by atoms with Crippen molar-refractivity contribution in [2.24, 2.45) is 7.05 Å². The van der Waals surface area contributed by atoms with Gasteiger partial charge in [-0.2, -0.15) is 5.10 Å². The molecule has 8 nitrogen and oxygen atoms in total. The summed E-state index contributed by atoms with van der Waals surface area (Å²) in [6, 6.07) is 15.8. The molecule has 0 unspecified atom stereocenters. The van der Waals surface area contributed by atoms with Crippen molar-refractivity contribution >= 4 is 22.8 Å². The Bertz CT molecular complexity index is 1440. The Kier molecular flexibility index (Phi) is 7.67. The first-order chi connectivity index (χ1) is 18.4. The number of ether oxygens (including phenoxy) is 1. The summed E-state index contributed by atoms with van der Waals surface area (Å²) in [5.41, 5.74) is 5.74. The quantitative estimate of drug-likeness (QED) is 0.307. The van der Waals surface area contributed by atoms with Crippen LogP contribution in [-0.4, -0.2) is 44.4 Å². The standard InChI is InChI=1S/C30H32N4O4/c1-34-19-23-18-22(11-15-27(23)33-34)29(35)32-28(30(36)37)17-20-8-13-25(14-9-20)38-16-4-6-24-12-10-21-5-2-3-7-26(21)31-24/h8-15,18-19,28H,2-7,16-17H2,1H3,(H,32,35)(H,36,37)/t28-/m0/s1. The van der Waals surface area contributed by atoms with Crippen LogP contribution in [0.1, 0.15) is 52.1 Å². The number of nitrogens with zero attached hydrogens (tertiary/aromatic N) is 3. The summed E-state index contributed by atoms with van der Waals surface area (Å²) in [6.07, 6.45) is 8.43. The summed E-state index contributed by atoms with van der Waals surface area (Å²) < 4.78 is 7.56. The van der Waals surface area contributed by atoms with Gasteiger partial charge in [-0.3, -0.25) is 14.5 Å². The minimum atomic E-state index is -1.09. The van der Waals surface area contributed by atoms with E-state index >= 15 is 0 Å². The van der Waals surface area contributed by atoms with E-state index in [2.05, 4.69) is 22.5 Å². The molecule has 2 N–H and O–H groups in total. The van der Waals surface area contributed by atoms with Crippen LogP contribution in [0.15, 0.2) is 60.8 Å². The van der Waals surface area contributed by atoms with Gasteiger partial charge in [0, 0.05) is 42.0 Å². The molecular formula is C30H32N4O4. The van der Waals surface area contributed by atoms with Crippen molar-refractivity contribution < 1.29 is 19.4 Å². The van der Waals surface area contributed by atoms with Gasteiger partial charge in [-0.15, -0.1) is 0 Å². The van der Waals surface area contributed by atoms with Crippen molar-refractivity contribution in [3.05, 3.63) is 88.9 Å². The molecule has 5 rings (SSSR count). The number of hydrogen-bond donors (Lipinski definition) is 2. The van der Waals surface area contributed by atoms with E-state index in [4.69, 9.17) is 9.72 Å². The summed E-state index contributed by atoms with van der Waals surface area (Å²) in [5, 5.41) is 17.5. The molecule has 196 valence electrons. The maximum atomic E-state index is 12.7. The second-order valence-electron chi connectivity index (χ2n) is 9.86. The van der Waals surface area contributed by atoms with Gasteiger partial charge in [0.25, 0.3) is 5.91 Å². The van der Waals surface area contributed by atoms with E-state index < -0.39 is 17.9 Å². The lowest BCUT2D eigenvalue weighted by Crippen LogP contribution is -2.42. The van der Waals surface area contributed by atoms with Gasteiger partial charge in [-0.05, 0) is 86.1 Å². The van der Waals surface area contributed by atoms with Crippen LogP contribution < -0.4 is 10.1 Å². The van der Waals surface area contributed by atoms with E-state index in [0.717, 1.165) is 53.6 Å². The molecule has 0 saturated heterocycles. The van der Waals surface area contributed by atoms with Crippen LogP contribution in [0.2, 0.25) is 0 Å². The third-order valence-corrected chi connectivity index (χ3v) is 6.93. The first kappa shape index (κ1) is 25.4. The summed E-state index contributed by atoms with van der Waals surface area (Å²) >= 11 is 0. The highest BCUT2D eigenvalue weighted by atomic mass is 16.5. The van der Waals surface area contributed by atoms with Crippen LogP contribution in [0.3, 0.4) is 0 Å². The molecule has 2 aromatic heterocycles. The highest BCUT2D eigenvalue weighted by molar-refractivity contribution is 5.99. The van der Waals surface area contributed by atoms with Gasteiger partial charge in [0.1, 0.15) is 11.8 Å². The Morgan fingerprint density at radius 3 is 2.71 bits per heavy atom. The van der Waals surface area contributed by atoms with Crippen LogP contribution in [0.5, 0.6) is 5.75 Å². The van der Waals surface area contributed by atoms with Gasteiger partial charge >= 0.3 is 5.97 Å². The summed E-state index contributed by atoms with van der Waals surface area (Å²) in [7, 11) is 1.81. The third kappa shape index (κ3) is 6.19. The molecule has 0 radical (unpaired) electrons. The van der Waals surface area contributed by atoms with Gasteiger partial charge < -0.3 is 15.2 Å². The number of nitrogens with one attached hydrogen (secondary N) is 1. The highest BCUT2D eigenvalue weighted by Crippen LogP contribution is 2.20. The van der Waals surface area contributed by atoms with Crippen LogP contribution in [0, 0.1) is 0 Å². The Morgan fingerprint density at radius 1 is 1.08 bits per heavy atom. The van der Waals surface area contributed by atoms with Gasteiger partial charge in [-0.1, -0.05) is 18.2 Å². The minimum Gasteiger partial charge on any atom is -0.494 e. The Balaban J connectivity index is 1.11. The number of carbonyl (C=O) groups is 2. The molecule has 38 heavy (non-hydrogen) atoms. The van der Waals surface area contributed by atoms with E-state index in [1.807, 2.05) is 37.5 Å². The number of aromatic nitrogens is 3. The second kappa shape index (κ2) is 11.5. The zero-order valence-electron chi connectivity index (χ0n) is 21.5. The Hall–Kier alpha value is -4.20. The van der Waals surface area contributed by atoms with Crippen LogP contribution in [0.4, 0.5) is 0 Å². The van der Waals surface area contributed by atoms with Crippen LogP contribution in [-0.2, 0) is 37.5 Å². The molecule has 1 aliphatic rings. The molecule has 0 fully saturated rings. The summed E-state index contributed by atoms with van der Waals surface area (Å²) in [4.78, 5) is 29.4. The fraction of sp³-hybridized carbons (Fsp3) is 0.333. The monoisotopic (exact) mass is 512 g/mol. The molecule has 0 aliphatic heterocycles. The van der Waals surface area contributed by atoms with Crippen molar-refractivity contribution in [3.8, 4) is 5.75 Å². The van der Waals surface area contributed by atoms with E-state index in [-0.39, 0.29) is 6.42 Å². The number of carboxylic acids is 1. The number of fused-ring (bicyclic) bond motifs is 2. The van der Waals surface area contributed by atoms with E-state index in [1.54, 1.807) is 22.9 Å². The number of pyridine rings is 1. The largest absolute Gasteiger partial charge is 0.494 e. The Labute approximate surface area is 221 Å². The fourth-order valence-corrected chi connectivity index (χ4v) is 4.90. The molecule has 1 amide bonds. The molecule has 0 saturated carbocycles. The number of benzene rings is 2. The number of amides is 1. The predicted molar refractivity (Wildman–Crippen MR) is 144 cm³/mol. The van der Waals surface area contributed by atoms with Gasteiger partial charge in [0.2, 0.25) is 0 Å². The minimum absolute atomic E-state index is 0.167. The van der Waals surface area contributed by atoms with Crippen LogP contribution in [0.25, 0.3) is 10.9 Å². The van der Waals surface area contributed by atoms with Crippen molar-refractivity contribution in [3.63, 3.8) is 0 Å². The van der Waals surface area contributed by atoms with Gasteiger partial charge in [-0.25, -0.2) is 4.79 Å². The van der Waals surface area contributed by atoms with Gasteiger partial charge in [0.05, 0.1) is 12.1 Å². The molecule has 1 aliphatic carbocycles. The first-order valence-corrected chi connectivity index (χ1v) is 13.1.